The molecule has 9 heteroatoms. The molecule has 0 aromatic heterocycles. The van der Waals surface area contributed by atoms with E-state index in [9.17, 15) is 26.3 Å². The SMILES string of the molecule is FC(F)(F)c1c[c]c(N2CCSCC2)c(-c2cc(C(F)(F)F)ccc2N2CCCCC2)c1. The normalized spacial score (nSPS) is 18.2. The minimum absolute atomic E-state index is 0.151. The van der Waals surface area contributed by atoms with Crippen LogP contribution in [0.2, 0.25) is 0 Å². The van der Waals surface area contributed by atoms with E-state index in [1.54, 1.807) is 11.8 Å². The van der Waals surface area contributed by atoms with Crippen LogP contribution in [0.1, 0.15) is 30.4 Å². The molecule has 0 N–H and O–H groups in total. The largest absolute Gasteiger partial charge is 0.416 e. The summed E-state index contributed by atoms with van der Waals surface area (Å²) >= 11 is 1.74. The van der Waals surface area contributed by atoms with Crippen LogP contribution in [0.5, 0.6) is 0 Å². The minimum Gasteiger partial charge on any atom is -0.371 e. The highest BCUT2D eigenvalue weighted by molar-refractivity contribution is 7.99. The Balaban J connectivity index is 1.92. The Labute approximate surface area is 187 Å². The van der Waals surface area contributed by atoms with Gasteiger partial charge in [-0.3, -0.25) is 0 Å². The van der Waals surface area contributed by atoms with Gasteiger partial charge in [0, 0.05) is 60.6 Å². The third-order valence-electron chi connectivity index (χ3n) is 5.88. The van der Waals surface area contributed by atoms with Crippen LogP contribution in [0, 0.1) is 6.07 Å². The summed E-state index contributed by atoms with van der Waals surface area (Å²) in [6.45, 7) is 2.54. The van der Waals surface area contributed by atoms with E-state index < -0.39 is 23.5 Å². The number of halogens is 6. The van der Waals surface area contributed by atoms with Crippen LogP contribution in [0.15, 0.2) is 30.3 Å². The number of hydrogen-bond donors (Lipinski definition) is 0. The van der Waals surface area contributed by atoms with Crippen molar-refractivity contribution in [3.63, 3.8) is 0 Å². The van der Waals surface area contributed by atoms with E-state index in [4.69, 9.17) is 0 Å². The van der Waals surface area contributed by atoms with Crippen LogP contribution in [-0.4, -0.2) is 37.7 Å². The fourth-order valence-electron chi connectivity index (χ4n) is 4.25. The zero-order chi connectivity index (χ0) is 22.9. The average Bonchev–Trinajstić information content (AvgIpc) is 2.78. The maximum Gasteiger partial charge on any atom is 0.416 e. The number of nitrogens with zero attached hydrogens (tertiary/aromatic N) is 2. The minimum atomic E-state index is -4.62. The summed E-state index contributed by atoms with van der Waals surface area (Å²) in [6.07, 6.45) is -6.39. The number of alkyl halides is 6. The van der Waals surface area contributed by atoms with Gasteiger partial charge in [0.25, 0.3) is 0 Å². The molecule has 0 atom stereocenters. The number of hydrogen-bond acceptors (Lipinski definition) is 3. The molecular weight excluding hydrogens is 450 g/mol. The Morgan fingerprint density at radius 1 is 0.719 bits per heavy atom. The topological polar surface area (TPSA) is 6.48 Å². The predicted octanol–water partition coefficient (Wildman–Crippen LogP) is 6.73. The zero-order valence-corrected chi connectivity index (χ0v) is 18.1. The van der Waals surface area contributed by atoms with Crippen molar-refractivity contribution in [1.29, 1.82) is 0 Å². The van der Waals surface area contributed by atoms with Gasteiger partial charge in [-0.15, -0.1) is 0 Å². The first kappa shape index (κ1) is 23.1. The predicted molar refractivity (Wildman–Crippen MR) is 116 cm³/mol. The smallest absolute Gasteiger partial charge is 0.371 e. The monoisotopic (exact) mass is 473 g/mol. The summed E-state index contributed by atoms with van der Waals surface area (Å²) in [6, 6.07) is 8.06. The fraction of sp³-hybridized carbons (Fsp3) is 0.478. The quantitative estimate of drug-likeness (QED) is 0.456. The van der Waals surface area contributed by atoms with E-state index in [-0.39, 0.29) is 11.1 Å². The second-order valence-corrected chi connectivity index (χ2v) is 9.25. The van der Waals surface area contributed by atoms with Gasteiger partial charge >= 0.3 is 12.4 Å². The maximum absolute atomic E-state index is 13.6. The third kappa shape index (κ3) is 4.97. The van der Waals surface area contributed by atoms with E-state index in [2.05, 4.69) is 6.07 Å². The molecule has 4 rings (SSSR count). The van der Waals surface area contributed by atoms with Crippen LogP contribution >= 0.6 is 11.8 Å². The van der Waals surface area contributed by atoms with Crippen LogP contribution in [0.4, 0.5) is 37.7 Å². The van der Waals surface area contributed by atoms with Crippen LogP contribution in [0.25, 0.3) is 11.1 Å². The number of benzene rings is 2. The third-order valence-corrected chi connectivity index (χ3v) is 6.83. The lowest BCUT2D eigenvalue weighted by Crippen LogP contribution is -2.33. The fourth-order valence-corrected chi connectivity index (χ4v) is 5.15. The molecule has 2 saturated heterocycles. The molecule has 2 aliphatic heterocycles. The van der Waals surface area contributed by atoms with Crippen molar-refractivity contribution in [2.75, 3.05) is 47.5 Å². The first-order valence-electron chi connectivity index (χ1n) is 10.6. The Morgan fingerprint density at radius 3 is 1.97 bits per heavy atom. The molecule has 0 unspecified atom stereocenters. The van der Waals surface area contributed by atoms with Crippen LogP contribution < -0.4 is 9.80 Å². The summed E-state index contributed by atoms with van der Waals surface area (Å²) in [4.78, 5) is 3.90. The summed E-state index contributed by atoms with van der Waals surface area (Å²) in [5.41, 5.74) is -0.486. The Kier molecular flexibility index (Phi) is 6.56. The van der Waals surface area contributed by atoms with Crippen molar-refractivity contribution in [2.24, 2.45) is 0 Å². The van der Waals surface area contributed by atoms with Gasteiger partial charge in [0.15, 0.2) is 0 Å². The summed E-state index contributed by atoms with van der Waals surface area (Å²) in [7, 11) is 0. The van der Waals surface area contributed by atoms with Gasteiger partial charge in [0.05, 0.1) is 16.8 Å². The molecule has 0 spiro atoms. The second kappa shape index (κ2) is 9.08. The van der Waals surface area contributed by atoms with Crippen molar-refractivity contribution < 1.29 is 26.3 Å². The van der Waals surface area contributed by atoms with Gasteiger partial charge in [0.1, 0.15) is 0 Å². The van der Waals surface area contributed by atoms with Gasteiger partial charge in [-0.2, -0.15) is 38.1 Å². The second-order valence-electron chi connectivity index (χ2n) is 8.03. The highest BCUT2D eigenvalue weighted by atomic mass is 32.2. The van der Waals surface area contributed by atoms with Crippen molar-refractivity contribution in [3.05, 3.63) is 47.5 Å². The molecular formula is C23H23F6N2S. The summed E-state index contributed by atoms with van der Waals surface area (Å²) < 4.78 is 81.4. The van der Waals surface area contributed by atoms with Crippen molar-refractivity contribution in [3.8, 4) is 11.1 Å². The van der Waals surface area contributed by atoms with Gasteiger partial charge in [-0.1, -0.05) is 0 Å². The van der Waals surface area contributed by atoms with Gasteiger partial charge in [0.2, 0.25) is 0 Å². The molecule has 1 radical (unpaired) electrons. The van der Waals surface area contributed by atoms with Crippen LogP contribution in [-0.2, 0) is 12.4 Å². The maximum atomic E-state index is 13.6. The highest BCUT2D eigenvalue weighted by Crippen LogP contribution is 2.44. The Morgan fingerprint density at radius 2 is 1.34 bits per heavy atom. The van der Waals surface area contributed by atoms with E-state index in [0.717, 1.165) is 55.0 Å². The number of thioether (sulfide) groups is 1. The number of piperidine rings is 1. The molecule has 0 aliphatic carbocycles. The molecule has 2 aromatic rings. The molecule has 0 saturated carbocycles. The standard InChI is InChI=1S/C23H23F6N2S/c24-22(25,26)16-4-6-20(30-8-2-1-3-9-30)18(14-16)19-15-17(23(27,28)29)5-7-21(19)31-10-12-32-13-11-31/h4-6,14-15H,1-3,8-13H2. The lowest BCUT2D eigenvalue weighted by atomic mass is 9.95. The van der Waals surface area contributed by atoms with E-state index in [1.165, 1.54) is 6.07 Å². The number of rotatable bonds is 3. The van der Waals surface area contributed by atoms with E-state index in [1.807, 2.05) is 9.80 Å². The molecule has 2 aromatic carbocycles. The zero-order valence-electron chi connectivity index (χ0n) is 17.3. The van der Waals surface area contributed by atoms with Crippen LogP contribution in [0.3, 0.4) is 0 Å². The Hall–Kier alpha value is -2.03. The lowest BCUT2D eigenvalue weighted by molar-refractivity contribution is -0.138. The molecule has 0 bridgehead atoms. The first-order chi connectivity index (χ1) is 15.1. The van der Waals surface area contributed by atoms with E-state index >= 15 is 0 Å². The first-order valence-corrected chi connectivity index (χ1v) is 11.7. The molecule has 173 valence electrons. The van der Waals surface area contributed by atoms with Crippen molar-refractivity contribution in [1.82, 2.24) is 0 Å². The van der Waals surface area contributed by atoms with Gasteiger partial charge in [-0.05, 0) is 49.6 Å². The molecule has 32 heavy (non-hydrogen) atoms. The Bertz CT molecular complexity index is 867. The van der Waals surface area contributed by atoms with E-state index in [0.29, 0.717) is 37.6 Å². The van der Waals surface area contributed by atoms with Gasteiger partial charge in [-0.25, -0.2) is 0 Å². The average molecular weight is 474 g/mol. The molecule has 2 nitrogen and oxygen atoms in total. The highest BCUT2D eigenvalue weighted by Gasteiger charge is 2.35. The molecule has 2 aliphatic rings. The van der Waals surface area contributed by atoms with Gasteiger partial charge < -0.3 is 9.80 Å². The van der Waals surface area contributed by atoms with Crippen molar-refractivity contribution >= 4 is 23.1 Å². The molecule has 2 heterocycles. The molecule has 2 fully saturated rings. The lowest BCUT2D eigenvalue weighted by Gasteiger charge is -2.34. The molecule has 0 amide bonds. The summed E-state index contributed by atoms with van der Waals surface area (Å²) in [5, 5.41) is 0. The number of anilines is 2. The van der Waals surface area contributed by atoms with Crippen molar-refractivity contribution in [2.45, 2.75) is 31.6 Å². The summed E-state index contributed by atoms with van der Waals surface area (Å²) in [5.74, 6) is 1.60.